The topological polar surface area (TPSA) is 42.0 Å². The van der Waals surface area contributed by atoms with Crippen molar-refractivity contribution in [1.29, 1.82) is 0 Å². The van der Waals surface area contributed by atoms with E-state index in [1.165, 1.54) is 11.3 Å². The van der Waals surface area contributed by atoms with Crippen LogP contribution in [-0.4, -0.2) is 10.9 Å². The Morgan fingerprint density at radius 1 is 0.862 bits per heavy atom. The average Bonchev–Trinajstić information content (AvgIpc) is 3.20. The zero-order valence-corrected chi connectivity index (χ0v) is 17.9. The molecule has 0 aliphatic heterocycles. The highest BCUT2D eigenvalue weighted by atomic mass is 35.5. The number of thiazole rings is 1. The molecule has 1 heterocycles. The minimum absolute atomic E-state index is 0.268. The number of nitrogens with one attached hydrogen (secondary N) is 1. The van der Waals surface area contributed by atoms with E-state index in [0.29, 0.717) is 26.3 Å². The number of amides is 1. The third-order valence-corrected chi connectivity index (χ3v) is 6.15. The van der Waals surface area contributed by atoms with Gasteiger partial charge in [-0.1, -0.05) is 65.1 Å². The van der Waals surface area contributed by atoms with Crippen LogP contribution in [0.2, 0.25) is 15.1 Å². The molecule has 1 aromatic heterocycles. The Morgan fingerprint density at radius 2 is 1.69 bits per heavy atom. The van der Waals surface area contributed by atoms with Crippen molar-refractivity contribution in [3.8, 4) is 21.8 Å². The number of nitrogens with zero attached hydrogens (tertiary/aromatic N) is 1. The van der Waals surface area contributed by atoms with E-state index < -0.39 is 0 Å². The zero-order chi connectivity index (χ0) is 20.4. The normalized spacial score (nSPS) is 10.7. The molecule has 0 radical (unpaired) electrons. The van der Waals surface area contributed by atoms with E-state index in [1.807, 2.05) is 53.9 Å². The molecule has 0 saturated carbocycles. The molecular weight excluding hydrogens is 447 g/mol. The van der Waals surface area contributed by atoms with Gasteiger partial charge in [-0.15, -0.1) is 11.3 Å². The van der Waals surface area contributed by atoms with Crippen LogP contribution in [0.15, 0.2) is 72.1 Å². The van der Waals surface area contributed by atoms with Gasteiger partial charge < -0.3 is 5.32 Å². The van der Waals surface area contributed by atoms with Crippen LogP contribution in [0.1, 0.15) is 10.4 Å². The first-order valence-corrected chi connectivity index (χ1v) is 10.6. The van der Waals surface area contributed by atoms with Gasteiger partial charge in [-0.3, -0.25) is 4.79 Å². The molecule has 4 aromatic rings. The quantitative estimate of drug-likeness (QED) is 0.340. The number of aromatic nitrogens is 1. The van der Waals surface area contributed by atoms with Crippen molar-refractivity contribution in [2.75, 3.05) is 5.32 Å². The molecule has 3 nitrogen and oxygen atoms in total. The van der Waals surface area contributed by atoms with Crippen molar-refractivity contribution in [3.63, 3.8) is 0 Å². The molecular formula is C22H13Cl3N2OS. The summed E-state index contributed by atoms with van der Waals surface area (Å²) in [6, 6.07) is 19.9. The van der Waals surface area contributed by atoms with Gasteiger partial charge in [0.25, 0.3) is 5.91 Å². The van der Waals surface area contributed by atoms with E-state index in [4.69, 9.17) is 39.8 Å². The van der Waals surface area contributed by atoms with E-state index >= 15 is 0 Å². The maximum absolute atomic E-state index is 12.5. The number of halogens is 3. The SMILES string of the molecule is O=C(Nc1cccc(-c2csc(-c3ccccc3Cl)n2)c1)c1ccc(Cl)c(Cl)c1. The fourth-order valence-corrected chi connectivity index (χ4v) is 4.21. The van der Waals surface area contributed by atoms with Crippen LogP contribution in [0.4, 0.5) is 5.69 Å². The number of anilines is 1. The number of rotatable bonds is 4. The summed E-state index contributed by atoms with van der Waals surface area (Å²) < 4.78 is 0. The molecule has 0 saturated heterocycles. The Labute approximate surface area is 186 Å². The summed E-state index contributed by atoms with van der Waals surface area (Å²) in [5.74, 6) is -0.268. The summed E-state index contributed by atoms with van der Waals surface area (Å²) in [6.45, 7) is 0. The second kappa shape index (κ2) is 8.56. The molecule has 3 aromatic carbocycles. The molecule has 1 N–H and O–H groups in total. The largest absolute Gasteiger partial charge is 0.322 e. The van der Waals surface area contributed by atoms with Crippen molar-refractivity contribution in [3.05, 3.63) is 92.7 Å². The molecule has 0 aliphatic rings. The fourth-order valence-electron chi connectivity index (χ4n) is 2.76. The molecule has 29 heavy (non-hydrogen) atoms. The molecule has 7 heteroatoms. The average molecular weight is 460 g/mol. The van der Waals surface area contributed by atoms with Gasteiger partial charge in [-0.05, 0) is 36.4 Å². The van der Waals surface area contributed by atoms with Crippen LogP contribution < -0.4 is 5.32 Å². The minimum atomic E-state index is -0.268. The molecule has 0 atom stereocenters. The highest BCUT2D eigenvalue weighted by Crippen LogP contribution is 2.33. The van der Waals surface area contributed by atoms with Gasteiger partial charge in [0.15, 0.2) is 0 Å². The van der Waals surface area contributed by atoms with Crippen LogP contribution in [0.5, 0.6) is 0 Å². The number of carbonyl (C=O) groups excluding carboxylic acids is 1. The Morgan fingerprint density at radius 3 is 2.48 bits per heavy atom. The van der Waals surface area contributed by atoms with Gasteiger partial charge in [-0.25, -0.2) is 4.98 Å². The first kappa shape index (κ1) is 19.9. The summed E-state index contributed by atoms with van der Waals surface area (Å²) in [4.78, 5) is 17.2. The summed E-state index contributed by atoms with van der Waals surface area (Å²) in [5, 5.41) is 7.10. The van der Waals surface area contributed by atoms with E-state index in [0.717, 1.165) is 21.8 Å². The number of hydrogen-bond acceptors (Lipinski definition) is 3. The molecule has 0 spiro atoms. The van der Waals surface area contributed by atoms with Crippen molar-refractivity contribution in [2.45, 2.75) is 0 Å². The molecule has 0 bridgehead atoms. The van der Waals surface area contributed by atoms with Crippen molar-refractivity contribution >= 4 is 57.7 Å². The predicted octanol–water partition coefficient (Wildman–Crippen LogP) is 7.69. The van der Waals surface area contributed by atoms with Crippen molar-refractivity contribution in [2.24, 2.45) is 0 Å². The summed E-state index contributed by atoms with van der Waals surface area (Å²) >= 11 is 19.7. The highest BCUT2D eigenvalue weighted by Gasteiger charge is 2.12. The van der Waals surface area contributed by atoms with E-state index in [2.05, 4.69) is 5.32 Å². The summed E-state index contributed by atoms with van der Waals surface area (Å²) in [5.41, 5.74) is 3.70. The van der Waals surface area contributed by atoms with Gasteiger partial charge in [0, 0.05) is 27.8 Å². The monoisotopic (exact) mass is 458 g/mol. The van der Waals surface area contributed by atoms with E-state index in [1.54, 1.807) is 18.2 Å². The van der Waals surface area contributed by atoms with E-state index in [-0.39, 0.29) is 5.91 Å². The third kappa shape index (κ3) is 4.46. The van der Waals surface area contributed by atoms with Gasteiger partial charge in [-0.2, -0.15) is 0 Å². The number of benzene rings is 3. The maximum Gasteiger partial charge on any atom is 0.255 e. The Kier molecular flexibility index (Phi) is 5.88. The Hall–Kier alpha value is -2.37. The first-order valence-electron chi connectivity index (χ1n) is 8.58. The minimum Gasteiger partial charge on any atom is -0.322 e. The standard InChI is InChI=1S/C22H13Cl3N2OS/c23-17-7-2-1-6-16(17)22-27-20(12-29-22)13-4-3-5-15(10-13)26-21(28)14-8-9-18(24)19(25)11-14/h1-12H,(H,26,28). The second-order valence-electron chi connectivity index (χ2n) is 6.18. The zero-order valence-electron chi connectivity index (χ0n) is 14.8. The van der Waals surface area contributed by atoms with Crippen molar-refractivity contribution < 1.29 is 4.79 Å². The van der Waals surface area contributed by atoms with Gasteiger partial charge >= 0.3 is 0 Å². The molecule has 0 unspecified atom stereocenters. The van der Waals surface area contributed by atoms with Crippen LogP contribution in [0.25, 0.3) is 21.8 Å². The van der Waals surface area contributed by atoms with E-state index in [9.17, 15) is 4.79 Å². The Bertz CT molecular complexity index is 1210. The van der Waals surface area contributed by atoms with Crippen LogP contribution in [0, 0.1) is 0 Å². The van der Waals surface area contributed by atoms with Gasteiger partial charge in [0.1, 0.15) is 5.01 Å². The van der Waals surface area contributed by atoms with Gasteiger partial charge in [0.2, 0.25) is 0 Å². The molecule has 0 fully saturated rings. The lowest BCUT2D eigenvalue weighted by atomic mass is 10.1. The lowest BCUT2D eigenvalue weighted by Crippen LogP contribution is -2.11. The predicted molar refractivity (Wildman–Crippen MR) is 122 cm³/mol. The van der Waals surface area contributed by atoms with Gasteiger partial charge in [0.05, 0.1) is 20.8 Å². The van der Waals surface area contributed by atoms with Crippen molar-refractivity contribution in [1.82, 2.24) is 4.98 Å². The lowest BCUT2D eigenvalue weighted by molar-refractivity contribution is 0.102. The number of carbonyl (C=O) groups is 1. The fraction of sp³-hybridized carbons (Fsp3) is 0. The van der Waals surface area contributed by atoms with Crippen LogP contribution in [0.3, 0.4) is 0 Å². The second-order valence-corrected chi connectivity index (χ2v) is 8.26. The Balaban J connectivity index is 1.57. The number of hydrogen-bond donors (Lipinski definition) is 1. The first-order chi connectivity index (χ1) is 14.0. The molecule has 144 valence electrons. The molecule has 1 amide bonds. The van der Waals surface area contributed by atoms with Crippen LogP contribution >= 0.6 is 46.1 Å². The highest BCUT2D eigenvalue weighted by molar-refractivity contribution is 7.13. The molecule has 0 aliphatic carbocycles. The summed E-state index contributed by atoms with van der Waals surface area (Å²) in [7, 11) is 0. The molecule has 4 rings (SSSR count). The smallest absolute Gasteiger partial charge is 0.255 e. The maximum atomic E-state index is 12.5. The lowest BCUT2D eigenvalue weighted by Gasteiger charge is -2.07. The summed E-state index contributed by atoms with van der Waals surface area (Å²) in [6.07, 6.45) is 0. The van der Waals surface area contributed by atoms with Crippen LogP contribution in [-0.2, 0) is 0 Å². The third-order valence-electron chi connectivity index (χ3n) is 4.21.